The molecule has 4 atom stereocenters. The maximum Gasteiger partial charge on any atom is 0.310 e. The van der Waals surface area contributed by atoms with E-state index < -0.39 is 17.8 Å². The van der Waals surface area contributed by atoms with Crippen molar-refractivity contribution in [2.45, 2.75) is 76.7 Å². The van der Waals surface area contributed by atoms with Crippen molar-refractivity contribution in [1.29, 1.82) is 0 Å². The molecule has 3 saturated carbocycles. The Kier molecular flexibility index (Phi) is 5.04. The van der Waals surface area contributed by atoms with E-state index in [-0.39, 0.29) is 18.0 Å². The van der Waals surface area contributed by atoms with Gasteiger partial charge in [0.05, 0.1) is 11.8 Å². The van der Waals surface area contributed by atoms with Crippen LogP contribution in [0.5, 0.6) is 0 Å². The highest BCUT2D eigenvalue weighted by molar-refractivity contribution is 5.81. The lowest BCUT2D eigenvalue weighted by molar-refractivity contribution is -0.170. The van der Waals surface area contributed by atoms with E-state index in [1.807, 2.05) is 0 Å². The van der Waals surface area contributed by atoms with Crippen LogP contribution in [0, 0.1) is 23.7 Å². The Morgan fingerprint density at radius 2 is 1.50 bits per heavy atom. The van der Waals surface area contributed by atoms with E-state index in [0.29, 0.717) is 12.3 Å². The number of ether oxygens (including phenoxy) is 1. The van der Waals surface area contributed by atoms with Crippen LogP contribution in [0.2, 0.25) is 0 Å². The van der Waals surface area contributed by atoms with Crippen LogP contribution in [-0.2, 0) is 14.3 Å². The molecule has 0 aromatic rings. The number of hydrogen-bond acceptors (Lipinski definition) is 3. The molecule has 0 amide bonds. The summed E-state index contributed by atoms with van der Waals surface area (Å²) in [6, 6.07) is 0. The first kappa shape index (κ1) is 15.8. The molecule has 3 rings (SSSR count). The van der Waals surface area contributed by atoms with E-state index >= 15 is 0 Å². The quantitative estimate of drug-likeness (QED) is 0.806. The molecule has 124 valence electrons. The Morgan fingerprint density at radius 3 is 2.23 bits per heavy atom. The fourth-order valence-corrected chi connectivity index (χ4v) is 4.98. The second kappa shape index (κ2) is 7.01. The molecule has 4 unspecified atom stereocenters. The summed E-state index contributed by atoms with van der Waals surface area (Å²) in [6.07, 6.45) is 11.5. The first-order valence-corrected chi connectivity index (χ1v) is 9.10. The normalized spacial score (nSPS) is 36.4. The maximum atomic E-state index is 12.8. The number of rotatable bonds is 3. The lowest BCUT2D eigenvalue weighted by atomic mass is 9.61. The maximum absolute atomic E-state index is 12.8. The largest absolute Gasteiger partial charge is 0.481 e. The Balaban J connectivity index is 1.72. The Morgan fingerprint density at radius 1 is 0.818 bits per heavy atom. The SMILES string of the molecule is O=C(O)C1CCC2CCCCC2C1C(=O)OC1CCCCC1. The fraction of sp³-hybridized carbons (Fsp3) is 0.889. The molecule has 0 aromatic heterocycles. The number of aliphatic carboxylic acids is 1. The number of carbonyl (C=O) groups is 2. The van der Waals surface area contributed by atoms with E-state index in [0.717, 1.165) is 51.4 Å². The zero-order valence-corrected chi connectivity index (χ0v) is 13.3. The predicted molar refractivity (Wildman–Crippen MR) is 82.3 cm³/mol. The van der Waals surface area contributed by atoms with E-state index in [1.54, 1.807) is 0 Å². The number of hydrogen-bond donors (Lipinski definition) is 1. The predicted octanol–water partition coefficient (Wildman–Crippen LogP) is 3.78. The van der Waals surface area contributed by atoms with Crippen molar-refractivity contribution in [3.63, 3.8) is 0 Å². The van der Waals surface area contributed by atoms with E-state index in [2.05, 4.69) is 0 Å². The van der Waals surface area contributed by atoms with Gasteiger partial charge in [0.2, 0.25) is 0 Å². The molecule has 22 heavy (non-hydrogen) atoms. The summed E-state index contributed by atoms with van der Waals surface area (Å²) in [6.45, 7) is 0. The lowest BCUT2D eigenvalue weighted by Gasteiger charge is -2.43. The molecule has 0 saturated heterocycles. The van der Waals surface area contributed by atoms with Gasteiger partial charge in [0, 0.05) is 0 Å². The molecule has 0 heterocycles. The summed E-state index contributed by atoms with van der Waals surface area (Å²) in [5.74, 6) is -1.19. The van der Waals surface area contributed by atoms with Crippen molar-refractivity contribution in [2.24, 2.45) is 23.7 Å². The average Bonchev–Trinajstić information content (AvgIpc) is 2.54. The van der Waals surface area contributed by atoms with Gasteiger partial charge in [-0.15, -0.1) is 0 Å². The Bertz CT molecular complexity index is 413. The van der Waals surface area contributed by atoms with Gasteiger partial charge in [-0.25, -0.2) is 0 Å². The van der Waals surface area contributed by atoms with Gasteiger partial charge < -0.3 is 9.84 Å². The van der Waals surface area contributed by atoms with Crippen LogP contribution in [0.3, 0.4) is 0 Å². The Hall–Kier alpha value is -1.06. The summed E-state index contributed by atoms with van der Waals surface area (Å²) < 4.78 is 5.76. The van der Waals surface area contributed by atoms with Crippen LogP contribution in [0.15, 0.2) is 0 Å². The van der Waals surface area contributed by atoms with Gasteiger partial charge in [0.1, 0.15) is 6.10 Å². The van der Waals surface area contributed by atoms with Crippen molar-refractivity contribution in [3.05, 3.63) is 0 Å². The highest BCUT2D eigenvalue weighted by atomic mass is 16.5. The van der Waals surface area contributed by atoms with Crippen LogP contribution < -0.4 is 0 Å². The molecule has 3 aliphatic carbocycles. The van der Waals surface area contributed by atoms with E-state index in [4.69, 9.17) is 4.74 Å². The molecule has 3 aliphatic rings. The molecular formula is C18H28O4. The third-order valence-corrected chi connectivity index (χ3v) is 6.14. The highest BCUT2D eigenvalue weighted by Gasteiger charge is 2.48. The van der Waals surface area contributed by atoms with Crippen LogP contribution >= 0.6 is 0 Å². The van der Waals surface area contributed by atoms with Crippen LogP contribution in [0.4, 0.5) is 0 Å². The summed E-state index contributed by atoms with van der Waals surface area (Å²) in [7, 11) is 0. The van der Waals surface area contributed by atoms with Gasteiger partial charge in [0.25, 0.3) is 0 Å². The average molecular weight is 308 g/mol. The van der Waals surface area contributed by atoms with Crippen LogP contribution in [-0.4, -0.2) is 23.1 Å². The molecule has 0 aromatic carbocycles. The van der Waals surface area contributed by atoms with Crippen LogP contribution in [0.1, 0.15) is 70.6 Å². The van der Waals surface area contributed by atoms with Crippen LogP contribution in [0.25, 0.3) is 0 Å². The molecule has 0 radical (unpaired) electrons. The van der Waals surface area contributed by atoms with Gasteiger partial charge in [-0.05, 0) is 56.8 Å². The van der Waals surface area contributed by atoms with Gasteiger partial charge >= 0.3 is 11.9 Å². The smallest absolute Gasteiger partial charge is 0.310 e. The van der Waals surface area contributed by atoms with E-state index in [1.165, 1.54) is 12.8 Å². The lowest BCUT2D eigenvalue weighted by Crippen LogP contribution is -2.45. The summed E-state index contributed by atoms with van der Waals surface area (Å²) in [5.41, 5.74) is 0. The number of carbonyl (C=O) groups excluding carboxylic acids is 1. The van der Waals surface area contributed by atoms with Crippen molar-refractivity contribution in [1.82, 2.24) is 0 Å². The minimum Gasteiger partial charge on any atom is -0.481 e. The zero-order valence-electron chi connectivity index (χ0n) is 13.3. The van der Waals surface area contributed by atoms with Gasteiger partial charge in [-0.1, -0.05) is 25.7 Å². The molecular weight excluding hydrogens is 280 g/mol. The molecule has 0 spiro atoms. The zero-order chi connectivity index (χ0) is 15.5. The molecule has 0 bridgehead atoms. The third kappa shape index (κ3) is 3.31. The van der Waals surface area contributed by atoms with Crippen molar-refractivity contribution in [3.8, 4) is 0 Å². The number of fused-ring (bicyclic) bond motifs is 1. The summed E-state index contributed by atoms with van der Waals surface area (Å²) >= 11 is 0. The molecule has 4 heteroatoms. The summed E-state index contributed by atoms with van der Waals surface area (Å²) in [4.78, 5) is 24.4. The first-order valence-electron chi connectivity index (χ1n) is 9.10. The second-order valence-corrected chi connectivity index (χ2v) is 7.45. The third-order valence-electron chi connectivity index (χ3n) is 6.14. The molecule has 3 fully saturated rings. The number of carboxylic acid groups (broad SMARTS) is 1. The highest BCUT2D eigenvalue weighted by Crippen LogP contribution is 2.47. The van der Waals surface area contributed by atoms with E-state index in [9.17, 15) is 14.7 Å². The van der Waals surface area contributed by atoms with Gasteiger partial charge in [-0.2, -0.15) is 0 Å². The van der Waals surface area contributed by atoms with Crippen molar-refractivity contribution in [2.75, 3.05) is 0 Å². The fourth-order valence-electron chi connectivity index (χ4n) is 4.98. The Labute approximate surface area is 132 Å². The molecule has 1 N–H and O–H groups in total. The summed E-state index contributed by atoms with van der Waals surface area (Å²) in [5, 5.41) is 9.55. The molecule has 0 aliphatic heterocycles. The first-order chi connectivity index (χ1) is 10.7. The monoisotopic (exact) mass is 308 g/mol. The minimum atomic E-state index is -0.811. The van der Waals surface area contributed by atoms with Gasteiger partial charge in [-0.3, -0.25) is 9.59 Å². The van der Waals surface area contributed by atoms with Crippen molar-refractivity contribution < 1.29 is 19.4 Å². The van der Waals surface area contributed by atoms with Crippen molar-refractivity contribution >= 4 is 11.9 Å². The second-order valence-electron chi connectivity index (χ2n) is 7.45. The molecule has 4 nitrogen and oxygen atoms in total. The minimum absolute atomic E-state index is 0.0275. The van der Waals surface area contributed by atoms with Gasteiger partial charge in [0.15, 0.2) is 0 Å². The number of esters is 1. The topological polar surface area (TPSA) is 63.6 Å². The number of carboxylic acids is 1. The standard InChI is InChI=1S/C18H28O4/c19-17(20)15-11-10-12-6-4-5-9-14(12)16(15)18(21)22-13-7-2-1-3-8-13/h12-16H,1-11H2,(H,19,20).